The van der Waals surface area contributed by atoms with Gasteiger partial charge in [-0.3, -0.25) is 4.68 Å². The molecule has 14 heavy (non-hydrogen) atoms. The first-order chi connectivity index (χ1) is 6.47. The molecule has 0 unspecified atom stereocenters. The van der Waals surface area contributed by atoms with E-state index in [1.54, 1.807) is 10.9 Å². The highest BCUT2D eigenvalue weighted by Crippen LogP contribution is 2.23. The minimum absolute atomic E-state index is 0.177. The Bertz CT molecular complexity index is 436. The molecule has 0 amide bonds. The standard InChI is InChI=1S/C7H10BrN3O2S/c1-14(12,13)10-4-7(5-10)11-3-6(8)2-9-11/h2-3,7H,4-5H2,1H3. The molecule has 78 valence electrons. The number of halogens is 1. The Kier molecular flexibility index (Phi) is 2.40. The van der Waals surface area contributed by atoms with Crippen LogP contribution in [0.25, 0.3) is 0 Å². The topological polar surface area (TPSA) is 55.2 Å². The van der Waals surface area contributed by atoms with Crippen LogP contribution >= 0.6 is 15.9 Å². The molecule has 0 aromatic carbocycles. The minimum Gasteiger partial charge on any atom is -0.266 e. The number of nitrogens with zero attached hydrogens (tertiary/aromatic N) is 3. The quantitative estimate of drug-likeness (QED) is 0.791. The Labute approximate surface area is 90.9 Å². The molecule has 1 aliphatic heterocycles. The smallest absolute Gasteiger partial charge is 0.211 e. The van der Waals surface area contributed by atoms with Gasteiger partial charge in [-0.25, -0.2) is 8.42 Å². The number of hydrogen-bond donors (Lipinski definition) is 0. The summed E-state index contributed by atoms with van der Waals surface area (Å²) in [7, 11) is -3.02. The maximum absolute atomic E-state index is 11.1. The van der Waals surface area contributed by atoms with Gasteiger partial charge >= 0.3 is 0 Å². The maximum atomic E-state index is 11.1. The largest absolute Gasteiger partial charge is 0.266 e. The Morgan fingerprint density at radius 3 is 2.64 bits per heavy atom. The van der Waals surface area contributed by atoms with Crippen molar-refractivity contribution in [1.82, 2.24) is 14.1 Å². The van der Waals surface area contributed by atoms with Gasteiger partial charge in [0.2, 0.25) is 10.0 Å². The molecule has 0 radical (unpaired) electrons. The lowest BCUT2D eigenvalue weighted by Crippen LogP contribution is -2.50. The zero-order valence-electron chi connectivity index (χ0n) is 7.59. The fourth-order valence-electron chi connectivity index (χ4n) is 1.37. The molecule has 7 heteroatoms. The van der Waals surface area contributed by atoms with Gasteiger partial charge in [-0.05, 0) is 15.9 Å². The van der Waals surface area contributed by atoms with Crippen molar-refractivity contribution < 1.29 is 8.42 Å². The van der Waals surface area contributed by atoms with Gasteiger partial charge < -0.3 is 0 Å². The lowest BCUT2D eigenvalue weighted by Gasteiger charge is -2.36. The van der Waals surface area contributed by atoms with Gasteiger partial charge in [0.25, 0.3) is 0 Å². The molecule has 0 bridgehead atoms. The van der Waals surface area contributed by atoms with E-state index >= 15 is 0 Å². The maximum Gasteiger partial charge on any atom is 0.211 e. The first-order valence-corrected chi connectivity index (χ1v) is 6.76. The predicted molar refractivity (Wildman–Crippen MR) is 55.4 cm³/mol. The van der Waals surface area contributed by atoms with Crippen molar-refractivity contribution in [2.45, 2.75) is 6.04 Å². The Morgan fingerprint density at radius 1 is 1.57 bits per heavy atom. The van der Waals surface area contributed by atoms with Crippen LogP contribution in [0.15, 0.2) is 16.9 Å². The molecule has 5 nitrogen and oxygen atoms in total. The van der Waals surface area contributed by atoms with Crippen LogP contribution in [0.1, 0.15) is 6.04 Å². The number of aromatic nitrogens is 2. The Morgan fingerprint density at radius 2 is 2.21 bits per heavy atom. The van der Waals surface area contributed by atoms with Crippen LogP contribution in [-0.2, 0) is 10.0 Å². The van der Waals surface area contributed by atoms with E-state index < -0.39 is 10.0 Å². The normalized spacial score (nSPS) is 19.6. The van der Waals surface area contributed by atoms with Gasteiger partial charge in [0.15, 0.2) is 0 Å². The monoisotopic (exact) mass is 279 g/mol. The van der Waals surface area contributed by atoms with Crippen LogP contribution in [0.2, 0.25) is 0 Å². The summed E-state index contributed by atoms with van der Waals surface area (Å²) in [4.78, 5) is 0. The second-order valence-electron chi connectivity index (χ2n) is 3.37. The number of sulfonamides is 1. The zero-order chi connectivity index (χ0) is 10.3. The van der Waals surface area contributed by atoms with Crippen LogP contribution in [0.5, 0.6) is 0 Å². The second kappa shape index (κ2) is 3.32. The third kappa shape index (κ3) is 1.84. The summed E-state index contributed by atoms with van der Waals surface area (Å²) in [6, 6.07) is 0.177. The molecule has 0 aliphatic carbocycles. The second-order valence-corrected chi connectivity index (χ2v) is 6.27. The van der Waals surface area contributed by atoms with Crippen molar-refractivity contribution in [3.63, 3.8) is 0 Å². The van der Waals surface area contributed by atoms with Crippen molar-refractivity contribution >= 4 is 26.0 Å². The van der Waals surface area contributed by atoms with Crippen molar-refractivity contribution in [1.29, 1.82) is 0 Å². The number of hydrogen-bond acceptors (Lipinski definition) is 3. The first kappa shape index (κ1) is 10.1. The molecular weight excluding hydrogens is 270 g/mol. The third-order valence-corrected chi connectivity index (χ3v) is 3.89. The van der Waals surface area contributed by atoms with Gasteiger partial charge in [-0.15, -0.1) is 0 Å². The summed E-state index contributed by atoms with van der Waals surface area (Å²) in [5.41, 5.74) is 0. The SMILES string of the molecule is CS(=O)(=O)N1CC(n2cc(Br)cn2)C1. The summed E-state index contributed by atoms with van der Waals surface area (Å²) in [5, 5.41) is 4.10. The average molecular weight is 280 g/mol. The summed E-state index contributed by atoms with van der Waals surface area (Å²) in [6.07, 6.45) is 4.77. The van der Waals surface area contributed by atoms with E-state index in [1.165, 1.54) is 10.6 Å². The average Bonchev–Trinajstić information content (AvgIpc) is 2.28. The molecule has 0 atom stereocenters. The number of rotatable bonds is 2. The van der Waals surface area contributed by atoms with Gasteiger partial charge in [0.05, 0.1) is 23.0 Å². The lowest BCUT2D eigenvalue weighted by molar-refractivity contribution is 0.192. The Balaban J connectivity index is 2.02. The van der Waals surface area contributed by atoms with E-state index in [2.05, 4.69) is 21.0 Å². The minimum atomic E-state index is -3.02. The molecule has 1 aromatic rings. The summed E-state index contributed by atoms with van der Waals surface area (Å²) < 4.78 is 26.3. The lowest BCUT2D eigenvalue weighted by atomic mass is 10.2. The highest BCUT2D eigenvalue weighted by molar-refractivity contribution is 9.10. The summed E-state index contributed by atoms with van der Waals surface area (Å²) in [5.74, 6) is 0. The molecule has 2 heterocycles. The summed E-state index contributed by atoms with van der Waals surface area (Å²) in [6.45, 7) is 1.04. The van der Waals surface area contributed by atoms with E-state index in [4.69, 9.17) is 0 Å². The highest BCUT2D eigenvalue weighted by Gasteiger charge is 2.34. The van der Waals surface area contributed by atoms with Gasteiger partial charge in [0, 0.05) is 19.3 Å². The molecular formula is C7H10BrN3O2S. The van der Waals surface area contributed by atoms with E-state index in [1.807, 2.05) is 6.20 Å². The van der Waals surface area contributed by atoms with Crippen molar-refractivity contribution in [2.75, 3.05) is 19.3 Å². The Hall–Kier alpha value is -0.400. The molecule has 2 rings (SSSR count). The van der Waals surface area contributed by atoms with E-state index in [-0.39, 0.29) is 6.04 Å². The molecule has 1 aromatic heterocycles. The van der Waals surface area contributed by atoms with E-state index in [0.29, 0.717) is 13.1 Å². The fourth-order valence-corrected chi connectivity index (χ4v) is 2.56. The van der Waals surface area contributed by atoms with Crippen LogP contribution in [0.3, 0.4) is 0 Å². The van der Waals surface area contributed by atoms with Crippen LogP contribution < -0.4 is 0 Å². The van der Waals surface area contributed by atoms with Crippen LogP contribution in [0, 0.1) is 0 Å². The van der Waals surface area contributed by atoms with E-state index in [9.17, 15) is 8.42 Å². The molecule has 1 aliphatic rings. The predicted octanol–water partition coefficient (Wildman–Crippen LogP) is 0.462. The van der Waals surface area contributed by atoms with Gasteiger partial charge in [-0.1, -0.05) is 0 Å². The van der Waals surface area contributed by atoms with E-state index in [0.717, 1.165) is 4.47 Å². The first-order valence-electron chi connectivity index (χ1n) is 4.11. The third-order valence-electron chi connectivity index (χ3n) is 2.24. The van der Waals surface area contributed by atoms with Crippen molar-refractivity contribution in [3.8, 4) is 0 Å². The highest BCUT2D eigenvalue weighted by atomic mass is 79.9. The van der Waals surface area contributed by atoms with Crippen LogP contribution in [-0.4, -0.2) is 41.8 Å². The van der Waals surface area contributed by atoms with Crippen molar-refractivity contribution in [3.05, 3.63) is 16.9 Å². The zero-order valence-corrected chi connectivity index (χ0v) is 9.99. The molecule has 0 N–H and O–H groups in total. The molecule has 0 saturated carbocycles. The van der Waals surface area contributed by atoms with Crippen molar-refractivity contribution in [2.24, 2.45) is 0 Å². The molecule has 0 spiro atoms. The molecule has 1 fully saturated rings. The van der Waals surface area contributed by atoms with Gasteiger partial charge in [0.1, 0.15) is 0 Å². The molecule has 1 saturated heterocycles. The fraction of sp³-hybridized carbons (Fsp3) is 0.571. The van der Waals surface area contributed by atoms with Gasteiger partial charge in [-0.2, -0.15) is 9.40 Å². The summed E-state index contributed by atoms with van der Waals surface area (Å²) >= 11 is 3.29. The van der Waals surface area contributed by atoms with Crippen LogP contribution in [0.4, 0.5) is 0 Å².